The quantitative estimate of drug-likeness (QED) is 0.462. The van der Waals surface area contributed by atoms with Gasteiger partial charge in [0.1, 0.15) is 12.2 Å². The van der Waals surface area contributed by atoms with Crippen molar-refractivity contribution in [3.05, 3.63) is 0 Å². The highest BCUT2D eigenvalue weighted by Crippen LogP contribution is 2.28. The van der Waals surface area contributed by atoms with Crippen LogP contribution in [0.1, 0.15) is 45.4 Å². The van der Waals surface area contributed by atoms with Gasteiger partial charge in [-0.25, -0.2) is 0 Å². The number of carbonyl (C=O) groups excluding carboxylic acids is 1. The van der Waals surface area contributed by atoms with Crippen LogP contribution in [0.3, 0.4) is 0 Å². The molecule has 0 radical (unpaired) electrons. The monoisotopic (exact) mass is 210 g/mol. The Morgan fingerprint density at radius 1 is 1.14 bits per heavy atom. The number of alkyl halides is 3. The molecule has 0 bridgehead atoms. The molecule has 0 spiro atoms. The van der Waals surface area contributed by atoms with Gasteiger partial charge in [0.05, 0.1) is 0 Å². The Balaban J connectivity index is 3.59. The van der Waals surface area contributed by atoms with E-state index in [-0.39, 0.29) is 12.7 Å². The van der Waals surface area contributed by atoms with Crippen molar-refractivity contribution >= 4 is 6.29 Å². The van der Waals surface area contributed by atoms with E-state index in [1.807, 2.05) is 6.92 Å². The molecule has 1 atom stereocenters. The number of unbranched alkanes of at least 4 members (excludes halogenated alkanes) is 4. The fourth-order valence-electron chi connectivity index (χ4n) is 1.28. The summed E-state index contributed by atoms with van der Waals surface area (Å²) in [5.74, 6) is -1.76. The summed E-state index contributed by atoms with van der Waals surface area (Å²) in [4.78, 5) is 10.2. The Morgan fingerprint density at radius 3 is 2.14 bits per heavy atom. The smallest absolute Gasteiger partial charge is 0.303 e. The molecule has 0 fully saturated rings. The first-order chi connectivity index (χ1) is 6.52. The summed E-state index contributed by atoms with van der Waals surface area (Å²) in [6.45, 7) is 2.05. The second-order valence-corrected chi connectivity index (χ2v) is 3.49. The summed E-state index contributed by atoms with van der Waals surface area (Å²) in [5, 5.41) is 0. The van der Waals surface area contributed by atoms with Crippen molar-refractivity contribution < 1.29 is 18.0 Å². The van der Waals surface area contributed by atoms with Crippen LogP contribution in [-0.4, -0.2) is 12.5 Å². The number of hydrogen-bond acceptors (Lipinski definition) is 1. The van der Waals surface area contributed by atoms with Crippen LogP contribution in [0.4, 0.5) is 13.2 Å². The third-order valence-corrected chi connectivity index (χ3v) is 2.20. The SMILES string of the molecule is CCCCCCC[C@H](C=O)C(F)(F)F. The molecule has 0 aromatic carbocycles. The minimum absolute atomic E-state index is 0.0137. The van der Waals surface area contributed by atoms with E-state index in [9.17, 15) is 18.0 Å². The third-order valence-electron chi connectivity index (χ3n) is 2.20. The number of rotatable bonds is 7. The molecule has 14 heavy (non-hydrogen) atoms. The molecule has 0 rings (SSSR count). The van der Waals surface area contributed by atoms with Crippen molar-refractivity contribution in [1.29, 1.82) is 0 Å². The van der Waals surface area contributed by atoms with E-state index in [0.29, 0.717) is 6.42 Å². The van der Waals surface area contributed by atoms with Gasteiger partial charge in [-0.2, -0.15) is 13.2 Å². The van der Waals surface area contributed by atoms with Crippen LogP contribution in [-0.2, 0) is 4.79 Å². The molecule has 0 aromatic heterocycles. The van der Waals surface area contributed by atoms with E-state index >= 15 is 0 Å². The molecule has 0 unspecified atom stereocenters. The maximum absolute atomic E-state index is 12.1. The first-order valence-corrected chi connectivity index (χ1v) is 5.04. The van der Waals surface area contributed by atoms with Gasteiger partial charge >= 0.3 is 6.18 Å². The molecule has 0 N–H and O–H groups in total. The predicted molar refractivity (Wildman–Crippen MR) is 49.0 cm³/mol. The first-order valence-electron chi connectivity index (χ1n) is 5.04. The number of aldehydes is 1. The molecule has 0 aromatic rings. The highest BCUT2D eigenvalue weighted by molar-refractivity contribution is 5.54. The molecular weight excluding hydrogens is 193 g/mol. The molecule has 84 valence electrons. The second kappa shape index (κ2) is 6.85. The fraction of sp³-hybridized carbons (Fsp3) is 0.900. The van der Waals surface area contributed by atoms with E-state index in [1.54, 1.807) is 0 Å². The summed E-state index contributed by atoms with van der Waals surface area (Å²) >= 11 is 0. The maximum Gasteiger partial charge on any atom is 0.398 e. The number of halogens is 3. The average molecular weight is 210 g/mol. The van der Waals surface area contributed by atoms with Crippen LogP contribution in [0.15, 0.2) is 0 Å². The van der Waals surface area contributed by atoms with Crippen LogP contribution >= 0.6 is 0 Å². The van der Waals surface area contributed by atoms with Gasteiger partial charge in [0, 0.05) is 0 Å². The lowest BCUT2D eigenvalue weighted by Crippen LogP contribution is -2.23. The number of carbonyl (C=O) groups is 1. The van der Waals surface area contributed by atoms with Crippen LogP contribution in [0.2, 0.25) is 0 Å². The van der Waals surface area contributed by atoms with Gasteiger partial charge in [-0.15, -0.1) is 0 Å². The van der Waals surface area contributed by atoms with E-state index in [2.05, 4.69) is 0 Å². The normalized spacial score (nSPS) is 14.0. The predicted octanol–water partition coefficient (Wildman–Crippen LogP) is 3.72. The van der Waals surface area contributed by atoms with Gasteiger partial charge in [-0.3, -0.25) is 0 Å². The molecule has 0 aliphatic rings. The summed E-state index contributed by atoms with van der Waals surface area (Å²) in [6.07, 6.45) is -0.0473. The molecule has 0 heterocycles. The standard InChI is InChI=1S/C10H17F3O/c1-2-3-4-5-6-7-9(8-14)10(11,12)13/h8-9H,2-7H2,1H3/t9-/m1/s1. The zero-order valence-electron chi connectivity index (χ0n) is 8.44. The first kappa shape index (κ1) is 13.5. The maximum atomic E-state index is 12.1. The summed E-state index contributed by atoms with van der Waals surface area (Å²) < 4.78 is 36.2. The third kappa shape index (κ3) is 6.00. The molecule has 0 aliphatic carbocycles. The minimum atomic E-state index is -4.35. The Bertz CT molecular complexity index is 154. The van der Waals surface area contributed by atoms with Crippen molar-refractivity contribution in [3.63, 3.8) is 0 Å². The van der Waals surface area contributed by atoms with Crippen LogP contribution in [0.25, 0.3) is 0 Å². The molecule has 0 saturated heterocycles. The Kier molecular flexibility index (Phi) is 6.58. The van der Waals surface area contributed by atoms with Gasteiger partial charge in [0.15, 0.2) is 0 Å². The highest BCUT2D eigenvalue weighted by atomic mass is 19.4. The minimum Gasteiger partial charge on any atom is -0.303 e. The van der Waals surface area contributed by atoms with Gasteiger partial charge in [-0.05, 0) is 6.42 Å². The molecule has 0 amide bonds. The van der Waals surface area contributed by atoms with Gasteiger partial charge in [0.25, 0.3) is 0 Å². The van der Waals surface area contributed by atoms with Crippen molar-refractivity contribution in [2.75, 3.05) is 0 Å². The summed E-state index contributed by atoms with van der Waals surface area (Å²) in [5.41, 5.74) is 0. The van der Waals surface area contributed by atoms with Gasteiger partial charge in [-0.1, -0.05) is 39.0 Å². The van der Waals surface area contributed by atoms with Gasteiger partial charge < -0.3 is 4.79 Å². The fourth-order valence-corrected chi connectivity index (χ4v) is 1.28. The molecule has 0 aliphatic heterocycles. The lowest BCUT2D eigenvalue weighted by atomic mass is 10.0. The van der Waals surface area contributed by atoms with E-state index in [4.69, 9.17) is 0 Å². The highest BCUT2D eigenvalue weighted by Gasteiger charge is 2.38. The van der Waals surface area contributed by atoms with Crippen molar-refractivity contribution in [3.8, 4) is 0 Å². The average Bonchev–Trinajstić information content (AvgIpc) is 2.09. The zero-order chi connectivity index (χ0) is 11.0. The van der Waals surface area contributed by atoms with E-state index < -0.39 is 12.1 Å². The van der Waals surface area contributed by atoms with Crippen molar-refractivity contribution in [2.45, 2.75) is 51.6 Å². The van der Waals surface area contributed by atoms with Crippen molar-refractivity contribution in [1.82, 2.24) is 0 Å². The largest absolute Gasteiger partial charge is 0.398 e. The Labute approximate surface area is 82.7 Å². The van der Waals surface area contributed by atoms with Gasteiger partial charge in [0.2, 0.25) is 0 Å². The van der Waals surface area contributed by atoms with E-state index in [0.717, 1.165) is 25.7 Å². The summed E-state index contributed by atoms with van der Waals surface area (Å²) in [6, 6.07) is 0. The number of hydrogen-bond donors (Lipinski definition) is 0. The van der Waals surface area contributed by atoms with Crippen molar-refractivity contribution in [2.24, 2.45) is 5.92 Å². The topological polar surface area (TPSA) is 17.1 Å². The molecular formula is C10H17F3O. The molecule has 1 nitrogen and oxygen atoms in total. The van der Waals surface area contributed by atoms with Crippen LogP contribution < -0.4 is 0 Å². The van der Waals surface area contributed by atoms with E-state index in [1.165, 1.54) is 0 Å². The molecule has 4 heteroatoms. The summed E-state index contributed by atoms with van der Waals surface area (Å²) in [7, 11) is 0. The Hall–Kier alpha value is -0.540. The van der Waals surface area contributed by atoms with Crippen LogP contribution in [0.5, 0.6) is 0 Å². The Morgan fingerprint density at radius 2 is 1.71 bits per heavy atom. The zero-order valence-corrected chi connectivity index (χ0v) is 8.44. The second-order valence-electron chi connectivity index (χ2n) is 3.49. The lowest BCUT2D eigenvalue weighted by Gasteiger charge is -2.13. The molecule has 0 saturated carbocycles. The lowest BCUT2D eigenvalue weighted by molar-refractivity contribution is -0.175. The van der Waals surface area contributed by atoms with Crippen LogP contribution in [0, 0.1) is 5.92 Å².